The Morgan fingerprint density at radius 1 is 1.55 bits per heavy atom. The molecule has 110 valence electrons. The Morgan fingerprint density at radius 3 is 2.75 bits per heavy atom. The minimum atomic E-state index is -1.11. The molecule has 1 aromatic rings. The molecule has 1 amide bonds. The van der Waals surface area contributed by atoms with Gasteiger partial charge in [-0.2, -0.15) is 0 Å². The van der Waals surface area contributed by atoms with Crippen molar-refractivity contribution in [2.45, 2.75) is 44.8 Å². The van der Waals surface area contributed by atoms with Crippen molar-refractivity contribution in [2.75, 3.05) is 6.61 Å². The minimum Gasteiger partial charge on any atom is -0.479 e. The molecule has 1 fully saturated rings. The number of hydrogen-bond donors (Lipinski definition) is 2. The minimum absolute atomic E-state index is 0.0174. The number of aliphatic carboxylic acids is 1. The highest BCUT2D eigenvalue weighted by molar-refractivity contribution is 5.83. The number of amides is 1. The number of carbonyl (C=O) groups excluding carboxylic acids is 1. The van der Waals surface area contributed by atoms with Gasteiger partial charge in [-0.15, -0.1) is 5.10 Å². The summed E-state index contributed by atoms with van der Waals surface area (Å²) in [5, 5.41) is 25.9. The van der Waals surface area contributed by atoms with Crippen molar-refractivity contribution in [1.29, 1.82) is 0 Å². The van der Waals surface area contributed by atoms with Crippen molar-refractivity contribution in [3.05, 3.63) is 11.9 Å². The van der Waals surface area contributed by atoms with E-state index in [0.29, 0.717) is 13.0 Å². The largest absolute Gasteiger partial charge is 0.479 e. The molecule has 0 saturated heterocycles. The summed E-state index contributed by atoms with van der Waals surface area (Å²) in [7, 11) is 0. The third kappa shape index (κ3) is 3.13. The van der Waals surface area contributed by atoms with Gasteiger partial charge < -0.3 is 15.1 Å². The van der Waals surface area contributed by atoms with Crippen LogP contribution in [0.1, 0.15) is 37.9 Å². The first kappa shape index (κ1) is 14.4. The number of nitrogens with zero attached hydrogens (tertiary/aromatic N) is 4. The first-order valence-electron chi connectivity index (χ1n) is 6.57. The number of rotatable bonds is 7. The molecule has 1 aliphatic rings. The highest BCUT2D eigenvalue weighted by Crippen LogP contribution is 2.34. The van der Waals surface area contributed by atoms with Gasteiger partial charge in [-0.25, -0.2) is 4.79 Å². The van der Waals surface area contributed by atoms with Crippen LogP contribution in [0.25, 0.3) is 0 Å². The maximum absolute atomic E-state index is 11.7. The highest BCUT2D eigenvalue weighted by atomic mass is 16.4. The first-order chi connectivity index (χ1) is 9.54. The van der Waals surface area contributed by atoms with E-state index in [1.807, 2.05) is 0 Å². The summed E-state index contributed by atoms with van der Waals surface area (Å²) in [5.41, 5.74) is 0.248. The molecule has 0 aliphatic heterocycles. The van der Waals surface area contributed by atoms with E-state index in [1.165, 1.54) is 22.7 Å². The van der Waals surface area contributed by atoms with Crippen LogP contribution < -0.4 is 0 Å². The van der Waals surface area contributed by atoms with Gasteiger partial charge in [-0.1, -0.05) is 5.21 Å². The maximum Gasteiger partial charge on any atom is 0.332 e. The molecular formula is C12H18N4O4. The van der Waals surface area contributed by atoms with Crippen LogP contribution in [0.2, 0.25) is 0 Å². The van der Waals surface area contributed by atoms with Crippen molar-refractivity contribution in [2.24, 2.45) is 0 Å². The summed E-state index contributed by atoms with van der Waals surface area (Å²) in [6.07, 6.45) is 3.68. The van der Waals surface area contributed by atoms with Crippen LogP contribution in [0, 0.1) is 0 Å². The number of carboxylic acid groups (broad SMARTS) is 1. The molecule has 1 saturated carbocycles. The van der Waals surface area contributed by atoms with E-state index in [9.17, 15) is 14.7 Å². The van der Waals surface area contributed by atoms with Gasteiger partial charge >= 0.3 is 5.97 Å². The fraction of sp³-hybridized carbons (Fsp3) is 0.667. The van der Waals surface area contributed by atoms with Crippen molar-refractivity contribution >= 4 is 11.9 Å². The molecule has 1 atom stereocenters. The second kappa shape index (κ2) is 6.00. The van der Waals surface area contributed by atoms with Gasteiger partial charge in [0, 0.05) is 26.1 Å². The maximum atomic E-state index is 11.7. The molecule has 0 aromatic carbocycles. The fourth-order valence-electron chi connectivity index (χ4n) is 2.17. The van der Waals surface area contributed by atoms with E-state index in [0.717, 1.165) is 12.8 Å². The molecule has 1 heterocycles. The molecule has 2 rings (SSSR count). The Morgan fingerprint density at radius 2 is 2.25 bits per heavy atom. The second-order valence-corrected chi connectivity index (χ2v) is 4.88. The first-order valence-corrected chi connectivity index (χ1v) is 6.57. The molecule has 20 heavy (non-hydrogen) atoms. The summed E-state index contributed by atoms with van der Waals surface area (Å²) in [4.78, 5) is 24.6. The lowest BCUT2D eigenvalue weighted by atomic mass is 10.2. The Balaban J connectivity index is 2.21. The smallest absolute Gasteiger partial charge is 0.332 e. The average molecular weight is 282 g/mol. The average Bonchev–Trinajstić information content (AvgIpc) is 3.11. The third-order valence-corrected chi connectivity index (χ3v) is 3.20. The Bertz CT molecular complexity index is 497. The van der Waals surface area contributed by atoms with Gasteiger partial charge in [0.1, 0.15) is 5.69 Å². The second-order valence-electron chi connectivity index (χ2n) is 4.88. The number of hydrogen-bond acceptors (Lipinski definition) is 5. The number of carbonyl (C=O) groups is 2. The van der Waals surface area contributed by atoms with Gasteiger partial charge in [0.15, 0.2) is 6.04 Å². The number of aromatic nitrogens is 3. The topological polar surface area (TPSA) is 109 Å². The normalized spacial score (nSPS) is 15.9. The van der Waals surface area contributed by atoms with Gasteiger partial charge in [-0.3, -0.25) is 9.48 Å². The molecule has 0 spiro atoms. The standard InChI is InChI=1S/C12H18N4O4/c1-8(18)16(9-3-4-9)11(12(19)20)10-7-15(14-13-10)5-2-6-17/h7,9,11,17H,2-6H2,1H3,(H,19,20). The van der Waals surface area contributed by atoms with E-state index in [4.69, 9.17) is 5.11 Å². The van der Waals surface area contributed by atoms with Crippen LogP contribution in [0.5, 0.6) is 0 Å². The number of aryl methyl sites for hydroxylation is 1. The van der Waals surface area contributed by atoms with E-state index in [-0.39, 0.29) is 24.2 Å². The predicted molar refractivity (Wildman–Crippen MR) is 67.6 cm³/mol. The lowest BCUT2D eigenvalue weighted by molar-refractivity contribution is -0.150. The predicted octanol–water partition coefficient (Wildman–Crippen LogP) is -0.203. The van der Waals surface area contributed by atoms with Crippen LogP contribution in [0.15, 0.2) is 6.20 Å². The molecule has 8 nitrogen and oxygen atoms in total. The van der Waals surface area contributed by atoms with Crippen molar-refractivity contribution in [3.8, 4) is 0 Å². The van der Waals surface area contributed by atoms with Gasteiger partial charge in [-0.05, 0) is 19.3 Å². The summed E-state index contributed by atoms with van der Waals surface area (Å²) < 4.78 is 1.48. The Hall–Kier alpha value is -1.96. The van der Waals surface area contributed by atoms with Crippen molar-refractivity contribution in [1.82, 2.24) is 19.9 Å². The Kier molecular flexibility index (Phi) is 4.33. The van der Waals surface area contributed by atoms with E-state index < -0.39 is 12.0 Å². The monoisotopic (exact) mass is 282 g/mol. The molecule has 1 unspecified atom stereocenters. The summed E-state index contributed by atoms with van der Waals surface area (Å²) >= 11 is 0. The lowest BCUT2D eigenvalue weighted by Crippen LogP contribution is -2.39. The number of aliphatic hydroxyl groups is 1. The van der Waals surface area contributed by atoms with Crippen LogP contribution in [0.4, 0.5) is 0 Å². The van der Waals surface area contributed by atoms with E-state index >= 15 is 0 Å². The molecule has 0 radical (unpaired) electrons. The lowest BCUT2D eigenvalue weighted by Gasteiger charge is -2.26. The highest BCUT2D eigenvalue weighted by Gasteiger charge is 2.41. The third-order valence-electron chi connectivity index (χ3n) is 3.20. The quantitative estimate of drug-likeness (QED) is 0.716. The number of aliphatic hydroxyl groups excluding tert-OH is 1. The van der Waals surface area contributed by atoms with Crippen LogP contribution in [-0.4, -0.2) is 54.6 Å². The molecule has 2 N–H and O–H groups in total. The summed E-state index contributed by atoms with van der Waals surface area (Å²) in [6.45, 7) is 1.85. The van der Waals surface area contributed by atoms with Crippen molar-refractivity contribution in [3.63, 3.8) is 0 Å². The summed E-state index contributed by atoms with van der Waals surface area (Å²) in [5.74, 6) is -1.38. The SMILES string of the molecule is CC(=O)N(C1CC1)C(C(=O)O)c1cn(CCCO)nn1. The van der Waals surface area contributed by atoms with Crippen LogP contribution in [0.3, 0.4) is 0 Å². The van der Waals surface area contributed by atoms with E-state index in [2.05, 4.69) is 10.3 Å². The molecule has 1 aromatic heterocycles. The fourth-order valence-corrected chi connectivity index (χ4v) is 2.17. The Labute approximate surface area is 116 Å². The molecular weight excluding hydrogens is 264 g/mol. The van der Waals surface area contributed by atoms with Crippen LogP contribution >= 0.6 is 0 Å². The van der Waals surface area contributed by atoms with Gasteiger partial charge in [0.05, 0.1) is 6.20 Å². The zero-order valence-electron chi connectivity index (χ0n) is 11.3. The molecule has 8 heteroatoms. The zero-order chi connectivity index (χ0) is 14.7. The van der Waals surface area contributed by atoms with Crippen LogP contribution in [-0.2, 0) is 16.1 Å². The van der Waals surface area contributed by atoms with E-state index in [1.54, 1.807) is 0 Å². The number of carboxylic acids is 1. The molecule has 1 aliphatic carbocycles. The summed E-state index contributed by atoms with van der Waals surface area (Å²) in [6, 6.07) is -1.11. The zero-order valence-corrected chi connectivity index (χ0v) is 11.3. The van der Waals surface area contributed by atoms with Crippen molar-refractivity contribution < 1.29 is 19.8 Å². The van der Waals surface area contributed by atoms with Gasteiger partial charge in [0.2, 0.25) is 5.91 Å². The molecule has 0 bridgehead atoms. The van der Waals surface area contributed by atoms with Gasteiger partial charge in [0.25, 0.3) is 0 Å².